The number of carbonyl (C=O) groups excluding carboxylic acids is 2. The largest absolute Gasteiger partial charge is 0.477 e. The number of primary amides is 1. The molecular weight excluding hydrogens is 278 g/mol. The van der Waals surface area contributed by atoms with Crippen LogP contribution in [0.1, 0.15) is 42.5 Å². The maximum atomic E-state index is 11.9. The van der Waals surface area contributed by atoms with Crippen LogP contribution < -0.4 is 16.4 Å². The van der Waals surface area contributed by atoms with Gasteiger partial charge in [-0.15, -0.1) is 0 Å². The summed E-state index contributed by atoms with van der Waals surface area (Å²) < 4.78 is 0. The van der Waals surface area contributed by atoms with Crippen LogP contribution in [0.15, 0.2) is 6.20 Å². The number of hydrogen-bond donors (Lipinski definition) is 5. The summed E-state index contributed by atoms with van der Waals surface area (Å²) >= 11 is 0. The average molecular weight is 295 g/mol. The van der Waals surface area contributed by atoms with Crippen molar-refractivity contribution in [3.63, 3.8) is 0 Å². The van der Waals surface area contributed by atoms with Crippen LogP contribution >= 0.6 is 0 Å². The summed E-state index contributed by atoms with van der Waals surface area (Å²) in [6.45, 7) is 1.48. The number of hydrogen-bond acceptors (Lipinski definition) is 4. The third-order valence-electron chi connectivity index (χ3n) is 3.59. The van der Waals surface area contributed by atoms with Crippen molar-refractivity contribution >= 4 is 17.9 Å². The van der Waals surface area contributed by atoms with Gasteiger partial charge in [0.2, 0.25) is 5.91 Å². The zero-order chi connectivity index (χ0) is 15.6. The van der Waals surface area contributed by atoms with Crippen LogP contribution in [0.3, 0.4) is 0 Å². The third-order valence-corrected chi connectivity index (χ3v) is 3.59. The van der Waals surface area contributed by atoms with E-state index < -0.39 is 29.5 Å². The molecule has 9 nitrogen and oxygen atoms in total. The summed E-state index contributed by atoms with van der Waals surface area (Å²) in [6.07, 6.45) is 3.37. The van der Waals surface area contributed by atoms with Gasteiger partial charge in [0.05, 0.1) is 11.7 Å². The Morgan fingerprint density at radius 1 is 1.48 bits per heavy atom. The van der Waals surface area contributed by atoms with E-state index in [0.29, 0.717) is 18.7 Å². The van der Waals surface area contributed by atoms with E-state index in [1.165, 1.54) is 13.1 Å². The smallest absolute Gasteiger partial charge is 0.353 e. The predicted molar refractivity (Wildman–Crippen MR) is 71.4 cm³/mol. The fraction of sp³-hybridized carbons (Fsp3) is 0.500. The van der Waals surface area contributed by atoms with Gasteiger partial charge in [-0.3, -0.25) is 4.79 Å². The van der Waals surface area contributed by atoms with Crippen LogP contribution in [0.25, 0.3) is 0 Å². The van der Waals surface area contributed by atoms with Gasteiger partial charge in [0, 0.05) is 0 Å². The monoisotopic (exact) mass is 295 g/mol. The Hall–Kier alpha value is -2.58. The summed E-state index contributed by atoms with van der Waals surface area (Å²) in [5.74, 6) is -1.36. The molecule has 3 amide bonds. The van der Waals surface area contributed by atoms with Crippen molar-refractivity contribution in [1.29, 1.82) is 0 Å². The van der Waals surface area contributed by atoms with Crippen LogP contribution in [-0.2, 0) is 10.3 Å². The highest BCUT2D eigenvalue weighted by molar-refractivity contribution is 5.86. The number of rotatable bonds is 5. The molecule has 2 rings (SSSR count). The molecule has 0 radical (unpaired) electrons. The molecule has 1 aliphatic carbocycles. The summed E-state index contributed by atoms with van der Waals surface area (Å²) in [7, 11) is 0. The quantitative estimate of drug-likeness (QED) is 0.503. The van der Waals surface area contributed by atoms with Gasteiger partial charge < -0.3 is 26.5 Å². The van der Waals surface area contributed by atoms with Crippen molar-refractivity contribution in [2.75, 3.05) is 0 Å². The number of H-pyrrole nitrogens is 1. The Balaban J connectivity index is 2.09. The van der Waals surface area contributed by atoms with Crippen molar-refractivity contribution in [3.05, 3.63) is 17.7 Å². The van der Waals surface area contributed by atoms with E-state index in [2.05, 4.69) is 20.6 Å². The number of amides is 3. The van der Waals surface area contributed by atoms with E-state index in [9.17, 15) is 14.4 Å². The number of carbonyl (C=O) groups is 3. The Morgan fingerprint density at radius 2 is 2.14 bits per heavy atom. The highest BCUT2D eigenvalue weighted by Gasteiger charge is 2.43. The number of aromatic nitrogens is 2. The molecule has 0 aromatic carbocycles. The zero-order valence-electron chi connectivity index (χ0n) is 11.5. The molecule has 1 aromatic rings. The second-order valence-corrected chi connectivity index (χ2v) is 5.11. The highest BCUT2D eigenvalue weighted by Crippen LogP contribution is 2.39. The van der Waals surface area contributed by atoms with E-state index >= 15 is 0 Å². The normalized spacial score (nSPS) is 17.4. The lowest BCUT2D eigenvalue weighted by molar-refractivity contribution is -0.119. The van der Waals surface area contributed by atoms with Gasteiger partial charge >= 0.3 is 12.0 Å². The first-order chi connectivity index (χ1) is 9.84. The second-order valence-electron chi connectivity index (χ2n) is 5.11. The SMILES string of the molecule is CC(NC(=O)NC1(c2ncc(C(=O)O)[nH]2)CCC1)C(N)=O. The van der Waals surface area contributed by atoms with Gasteiger partial charge in [0.1, 0.15) is 17.6 Å². The standard InChI is InChI=1S/C12H17N5O4/c1-6(8(13)18)15-11(21)17-12(3-2-4-12)10-14-5-7(16-10)9(19)20/h5-6H,2-4H2,1H3,(H2,13,18)(H,14,16)(H,19,20)(H2,15,17,21). The number of imidazole rings is 1. The lowest BCUT2D eigenvalue weighted by Crippen LogP contribution is -2.57. The lowest BCUT2D eigenvalue weighted by atomic mass is 9.76. The van der Waals surface area contributed by atoms with E-state index in [0.717, 1.165) is 6.42 Å². The zero-order valence-corrected chi connectivity index (χ0v) is 11.5. The Kier molecular flexibility index (Phi) is 3.83. The van der Waals surface area contributed by atoms with Crippen molar-refractivity contribution < 1.29 is 19.5 Å². The summed E-state index contributed by atoms with van der Waals surface area (Å²) in [5, 5.41) is 14.1. The van der Waals surface area contributed by atoms with Crippen molar-refractivity contribution in [2.45, 2.75) is 37.8 Å². The Morgan fingerprint density at radius 3 is 2.57 bits per heavy atom. The molecule has 0 aliphatic heterocycles. The first-order valence-corrected chi connectivity index (χ1v) is 6.51. The third kappa shape index (κ3) is 2.96. The molecule has 1 unspecified atom stereocenters. The number of nitrogens with one attached hydrogen (secondary N) is 3. The summed E-state index contributed by atoms with van der Waals surface area (Å²) in [6, 6.07) is -1.34. The van der Waals surface area contributed by atoms with Crippen LogP contribution in [-0.4, -0.2) is 39.0 Å². The maximum Gasteiger partial charge on any atom is 0.353 e. The minimum Gasteiger partial charge on any atom is -0.477 e. The molecule has 1 fully saturated rings. The van der Waals surface area contributed by atoms with Crippen LogP contribution in [0.2, 0.25) is 0 Å². The molecule has 1 aliphatic rings. The number of carboxylic acid groups (broad SMARTS) is 1. The van der Waals surface area contributed by atoms with Gasteiger partial charge in [-0.1, -0.05) is 0 Å². The van der Waals surface area contributed by atoms with E-state index in [1.54, 1.807) is 0 Å². The van der Waals surface area contributed by atoms with Crippen molar-refractivity contribution in [3.8, 4) is 0 Å². The molecule has 0 saturated heterocycles. The van der Waals surface area contributed by atoms with Crippen LogP contribution in [0, 0.1) is 0 Å². The van der Waals surface area contributed by atoms with Gasteiger partial charge in [-0.2, -0.15) is 0 Å². The number of carboxylic acids is 1. The molecule has 1 saturated carbocycles. The number of nitrogens with two attached hydrogens (primary N) is 1. The van der Waals surface area contributed by atoms with Gasteiger partial charge in [0.25, 0.3) is 0 Å². The number of nitrogens with zero attached hydrogens (tertiary/aromatic N) is 1. The molecule has 21 heavy (non-hydrogen) atoms. The fourth-order valence-electron chi connectivity index (χ4n) is 2.15. The molecule has 0 bridgehead atoms. The predicted octanol–water partition coefficient (Wildman–Crippen LogP) is -0.340. The van der Waals surface area contributed by atoms with Crippen molar-refractivity contribution in [1.82, 2.24) is 20.6 Å². The fourth-order valence-corrected chi connectivity index (χ4v) is 2.15. The first kappa shape index (κ1) is 14.8. The Bertz CT molecular complexity index is 578. The number of urea groups is 1. The lowest BCUT2D eigenvalue weighted by Gasteiger charge is -2.40. The number of aromatic carboxylic acids is 1. The Labute approximate surface area is 120 Å². The minimum absolute atomic E-state index is 0.0380. The molecule has 1 atom stereocenters. The van der Waals surface area contributed by atoms with Gasteiger partial charge in [-0.05, 0) is 26.2 Å². The summed E-state index contributed by atoms with van der Waals surface area (Å²) in [5.41, 5.74) is 4.31. The summed E-state index contributed by atoms with van der Waals surface area (Å²) in [4.78, 5) is 40.4. The first-order valence-electron chi connectivity index (χ1n) is 6.51. The average Bonchev–Trinajstić information content (AvgIpc) is 2.83. The van der Waals surface area contributed by atoms with Crippen molar-refractivity contribution in [2.24, 2.45) is 5.73 Å². The molecule has 114 valence electrons. The van der Waals surface area contributed by atoms with Gasteiger partial charge in [-0.25, -0.2) is 14.6 Å². The van der Waals surface area contributed by atoms with Crippen LogP contribution in [0.5, 0.6) is 0 Å². The molecule has 1 aromatic heterocycles. The number of aromatic amines is 1. The molecular formula is C12H17N5O4. The van der Waals surface area contributed by atoms with E-state index in [4.69, 9.17) is 10.8 Å². The molecule has 0 spiro atoms. The molecule has 6 N–H and O–H groups in total. The van der Waals surface area contributed by atoms with E-state index in [1.807, 2.05) is 0 Å². The van der Waals surface area contributed by atoms with E-state index in [-0.39, 0.29) is 5.69 Å². The maximum absolute atomic E-state index is 11.9. The minimum atomic E-state index is -1.12. The highest BCUT2D eigenvalue weighted by atomic mass is 16.4. The second kappa shape index (κ2) is 5.43. The van der Waals surface area contributed by atoms with Gasteiger partial charge in [0.15, 0.2) is 0 Å². The van der Waals surface area contributed by atoms with Crippen LogP contribution in [0.4, 0.5) is 4.79 Å². The molecule has 9 heteroatoms. The topological polar surface area (TPSA) is 150 Å². The molecule has 1 heterocycles.